The second-order valence-corrected chi connectivity index (χ2v) is 14.4. The predicted molar refractivity (Wildman–Crippen MR) is 194 cm³/mol. The van der Waals surface area contributed by atoms with Crippen LogP contribution in [0.2, 0.25) is 0 Å². The predicted octanol–water partition coefficient (Wildman–Crippen LogP) is 14.2. The fraction of sp³-hybridized carbons (Fsp3) is 0. The molecular formula is C33H25F12N7P2RuS. The molecule has 0 radical (unpaired) electrons. The Morgan fingerprint density at radius 1 is 0.500 bits per heavy atom. The number of nitrogens with zero attached hydrogens (tertiary/aromatic N) is 7. The maximum absolute atomic E-state index is 10.7. The minimum atomic E-state index is -10.7. The zero-order chi connectivity index (χ0) is 40.9. The molecule has 0 aliphatic carbocycles. The largest absolute Gasteiger partial charge is 2.00 e. The Morgan fingerprint density at radius 2 is 0.839 bits per heavy atom. The van der Waals surface area contributed by atoms with E-state index in [0.717, 1.165) is 39.7 Å². The first-order valence-electron chi connectivity index (χ1n) is 14.8. The molecule has 0 bridgehead atoms. The summed E-state index contributed by atoms with van der Waals surface area (Å²) in [5.41, 5.74) is 6.62. The van der Waals surface area contributed by atoms with E-state index in [1.54, 1.807) is 24.8 Å². The number of thiocarbonyl (C=S) groups is 1. The molecule has 1 aromatic carbocycles. The van der Waals surface area contributed by atoms with Crippen LogP contribution < -0.4 is 5.01 Å². The Bertz CT molecular complexity index is 1960. The summed E-state index contributed by atoms with van der Waals surface area (Å²) in [4.78, 5) is 20.9. The van der Waals surface area contributed by atoms with Gasteiger partial charge in [-0.25, -0.2) is 0 Å². The number of para-hydroxylation sites is 1. The first kappa shape index (κ1) is 47.2. The van der Waals surface area contributed by atoms with E-state index in [2.05, 4.69) is 53.4 Å². The van der Waals surface area contributed by atoms with Crippen LogP contribution in [-0.4, -0.2) is 30.1 Å². The number of hydrazine groups is 1. The van der Waals surface area contributed by atoms with Crippen LogP contribution in [0.5, 0.6) is 0 Å². The van der Waals surface area contributed by atoms with Gasteiger partial charge >= 0.3 is 85.5 Å². The molecule has 56 heavy (non-hydrogen) atoms. The summed E-state index contributed by atoms with van der Waals surface area (Å²) >= 11 is 4.69. The van der Waals surface area contributed by atoms with E-state index in [1.807, 2.05) is 127 Å². The Labute approximate surface area is 329 Å². The second-order valence-electron chi connectivity index (χ2n) is 10.4. The molecule has 6 heterocycles. The number of halogens is 12. The monoisotopic (exact) mass is 943 g/mol. The first-order valence-corrected chi connectivity index (χ1v) is 19.3. The van der Waals surface area contributed by atoms with Crippen molar-refractivity contribution in [2.45, 2.75) is 0 Å². The molecule has 7 rings (SSSR count). The number of benzene rings is 1. The van der Waals surface area contributed by atoms with Crippen molar-refractivity contribution in [2.75, 3.05) is 5.01 Å². The molecular weight excluding hydrogens is 917 g/mol. The zero-order valence-corrected chi connectivity index (χ0v) is 32.1. The van der Waals surface area contributed by atoms with Crippen LogP contribution in [0.4, 0.5) is 56.1 Å². The third-order valence-electron chi connectivity index (χ3n) is 5.86. The van der Waals surface area contributed by atoms with Crippen LogP contribution in [-0.2, 0) is 19.5 Å². The summed E-state index contributed by atoms with van der Waals surface area (Å²) < 4.78 is 118. The van der Waals surface area contributed by atoms with Crippen molar-refractivity contribution in [1.29, 1.82) is 0 Å². The van der Waals surface area contributed by atoms with E-state index in [4.69, 9.17) is 0 Å². The Kier molecular flexibility index (Phi) is 14.7. The number of aliphatic imine (C=N–C) groups is 1. The van der Waals surface area contributed by atoms with Crippen molar-refractivity contribution in [3.8, 4) is 22.8 Å². The normalized spacial score (nSPS) is 14.8. The average molecular weight is 943 g/mol. The number of fused-ring (bicyclic) bond motifs is 3. The van der Waals surface area contributed by atoms with E-state index in [1.165, 1.54) is 0 Å². The first-order chi connectivity index (χ1) is 25.2. The molecule has 0 unspecified atom stereocenters. The minimum absolute atomic E-state index is 0. The number of rotatable bonds is 3. The minimum Gasteiger partial charge on any atom is -0.262 e. The molecule has 0 fully saturated rings. The second kappa shape index (κ2) is 17.5. The molecule has 0 saturated carbocycles. The van der Waals surface area contributed by atoms with Crippen LogP contribution in [0.1, 0.15) is 5.56 Å². The van der Waals surface area contributed by atoms with Gasteiger partial charge in [0.05, 0.1) is 39.8 Å². The Hall–Kier alpha value is -4.92. The van der Waals surface area contributed by atoms with E-state index in [0.29, 0.717) is 0 Å². The smallest absolute Gasteiger partial charge is 0.262 e. The van der Waals surface area contributed by atoms with Gasteiger partial charge in [-0.3, -0.25) is 30.0 Å². The number of hydrogen-bond acceptors (Lipinski definition) is 8. The summed E-state index contributed by atoms with van der Waals surface area (Å²) in [5, 5.41) is 6.45. The van der Waals surface area contributed by atoms with E-state index in [9.17, 15) is 50.4 Å². The van der Waals surface area contributed by atoms with Gasteiger partial charge in [-0.05, 0) is 79.0 Å². The fourth-order valence-electron chi connectivity index (χ4n) is 4.01. The molecule has 23 heteroatoms. The van der Waals surface area contributed by atoms with Gasteiger partial charge in [0.25, 0.3) is 0 Å². The molecule has 0 amide bonds. The summed E-state index contributed by atoms with van der Waals surface area (Å²) in [6.45, 7) is 0. The molecule has 300 valence electrons. The molecule has 0 atom stereocenters. The SMILES string of the molecule is F[P-](F)(F)(F)(F)F.F[P-](F)(F)(F)(F)F.S=C=NC1=CN2C=CC=CN2c2ccccc21.[Ru+2].c1ccc(-c2ccccn2)nc1.c1ccc(-c2ccccn2)nc1. The molecule has 5 aromatic rings. The molecule has 7 nitrogen and oxygen atoms in total. The quantitative estimate of drug-likeness (QED) is 0.0587. The summed E-state index contributed by atoms with van der Waals surface area (Å²) in [7, 11) is -21.3. The van der Waals surface area contributed by atoms with Gasteiger partial charge in [0, 0.05) is 42.8 Å². The van der Waals surface area contributed by atoms with Gasteiger partial charge < -0.3 is 0 Å². The van der Waals surface area contributed by atoms with Crippen LogP contribution in [0.3, 0.4) is 0 Å². The zero-order valence-electron chi connectivity index (χ0n) is 27.8. The van der Waals surface area contributed by atoms with E-state index in [-0.39, 0.29) is 19.5 Å². The number of hydrogen-bond donors (Lipinski definition) is 0. The van der Waals surface area contributed by atoms with Gasteiger partial charge in [0.15, 0.2) is 0 Å². The number of allylic oxidation sites excluding steroid dienone is 2. The van der Waals surface area contributed by atoms with Crippen molar-refractivity contribution >= 4 is 44.4 Å². The average Bonchev–Trinajstić information content (AvgIpc) is 3.11. The van der Waals surface area contributed by atoms with Crippen LogP contribution in [0.25, 0.3) is 28.5 Å². The number of pyridine rings is 4. The van der Waals surface area contributed by atoms with Crippen molar-refractivity contribution in [1.82, 2.24) is 24.9 Å². The van der Waals surface area contributed by atoms with E-state index >= 15 is 0 Å². The third kappa shape index (κ3) is 21.8. The van der Waals surface area contributed by atoms with Crippen LogP contribution in [0, 0.1) is 0 Å². The van der Waals surface area contributed by atoms with Crippen molar-refractivity contribution in [2.24, 2.45) is 4.99 Å². The maximum Gasteiger partial charge on any atom is 2.00 e. The van der Waals surface area contributed by atoms with Crippen molar-refractivity contribution in [3.05, 3.63) is 158 Å². The van der Waals surface area contributed by atoms with E-state index < -0.39 is 15.6 Å². The van der Waals surface area contributed by atoms with Crippen molar-refractivity contribution < 1.29 is 69.8 Å². The summed E-state index contributed by atoms with van der Waals surface area (Å²) in [5.74, 6) is 0. The Morgan fingerprint density at radius 3 is 1.18 bits per heavy atom. The third-order valence-corrected chi connectivity index (χ3v) is 5.95. The summed E-state index contributed by atoms with van der Waals surface area (Å²) in [6, 6.07) is 31.3. The molecule has 0 saturated heterocycles. The van der Waals surface area contributed by atoms with Crippen LogP contribution >= 0.6 is 27.8 Å². The molecule has 4 aromatic heterocycles. The maximum atomic E-state index is 9.87. The van der Waals surface area contributed by atoms with Crippen molar-refractivity contribution in [3.63, 3.8) is 0 Å². The molecule has 0 N–H and O–H groups in total. The fourth-order valence-corrected chi connectivity index (χ4v) is 4.11. The molecule has 2 aliphatic rings. The number of anilines is 1. The number of isothiocyanates is 1. The Balaban J connectivity index is 0.000000251. The van der Waals surface area contributed by atoms with Crippen LogP contribution in [0.15, 0.2) is 158 Å². The molecule has 2 aliphatic heterocycles. The van der Waals surface area contributed by atoms with Gasteiger partial charge in [-0.15, -0.1) is 0 Å². The number of aromatic nitrogens is 4. The van der Waals surface area contributed by atoms with Gasteiger partial charge in [-0.2, -0.15) is 4.99 Å². The van der Waals surface area contributed by atoms with Gasteiger partial charge in [-0.1, -0.05) is 42.5 Å². The molecule has 0 spiro atoms. The standard InChI is InChI=1S/C13H9N3S.2C10H8N2.2F6P.Ru/c17-10-14-12-9-15-7-3-4-8-16(15)13-6-2-1-5-11(12)13;2*1-3-7-11-9(5-1)10-6-2-4-8-12-10;2*1-7(2,3,4,5)6;/h1-9H;2*1-8H;;;/q;;;2*-1;+2. The summed E-state index contributed by atoms with van der Waals surface area (Å²) in [6.07, 6.45) is 16.9. The van der Waals surface area contributed by atoms with Gasteiger partial charge in [0.2, 0.25) is 0 Å². The van der Waals surface area contributed by atoms with Gasteiger partial charge in [0.1, 0.15) is 5.70 Å². The topological polar surface area (TPSA) is 70.4 Å².